The van der Waals surface area contributed by atoms with E-state index in [2.05, 4.69) is 21.2 Å². The minimum Gasteiger partial charge on any atom is -0.479 e. The summed E-state index contributed by atoms with van der Waals surface area (Å²) >= 11 is 3.07. The molecular formula is C12H11BrFNO4. The van der Waals surface area contributed by atoms with Crippen molar-refractivity contribution in [2.24, 2.45) is 0 Å². The predicted molar refractivity (Wildman–Crippen MR) is 67.4 cm³/mol. The van der Waals surface area contributed by atoms with Crippen molar-refractivity contribution in [1.82, 2.24) is 5.32 Å². The van der Waals surface area contributed by atoms with Crippen LogP contribution in [0, 0.1) is 5.82 Å². The SMILES string of the molecule is O=C(NC1(C(=O)O)CCOC1)c1ccc(F)cc1Br. The summed E-state index contributed by atoms with van der Waals surface area (Å²) in [5.74, 6) is -2.21. The van der Waals surface area contributed by atoms with Gasteiger partial charge in [0, 0.05) is 17.5 Å². The first-order valence-electron chi connectivity index (χ1n) is 5.53. The van der Waals surface area contributed by atoms with Gasteiger partial charge in [0.2, 0.25) is 0 Å². The number of halogens is 2. The molecule has 0 bridgehead atoms. The maximum absolute atomic E-state index is 12.9. The Bertz CT molecular complexity index is 528. The van der Waals surface area contributed by atoms with E-state index < -0.39 is 23.2 Å². The van der Waals surface area contributed by atoms with Gasteiger partial charge in [-0.25, -0.2) is 9.18 Å². The van der Waals surface area contributed by atoms with E-state index in [1.54, 1.807) is 0 Å². The molecule has 0 saturated carbocycles. The Balaban J connectivity index is 2.22. The molecule has 1 saturated heterocycles. The molecule has 19 heavy (non-hydrogen) atoms. The Hall–Kier alpha value is -1.47. The van der Waals surface area contributed by atoms with Crippen LogP contribution in [0.4, 0.5) is 4.39 Å². The standard InChI is InChI=1S/C12H11BrFNO4/c13-9-5-7(14)1-2-8(9)10(16)15-12(11(17)18)3-4-19-6-12/h1-2,5H,3-4,6H2,(H,15,16)(H,17,18). The maximum Gasteiger partial charge on any atom is 0.331 e. The Morgan fingerprint density at radius 3 is 2.74 bits per heavy atom. The van der Waals surface area contributed by atoms with Crippen molar-refractivity contribution >= 4 is 27.8 Å². The average molecular weight is 332 g/mol. The Kier molecular flexibility index (Phi) is 3.86. The molecule has 1 amide bonds. The fourth-order valence-corrected chi connectivity index (χ4v) is 2.37. The summed E-state index contributed by atoms with van der Waals surface area (Å²) in [6.07, 6.45) is 0.201. The number of aliphatic carboxylic acids is 1. The monoisotopic (exact) mass is 331 g/mol. The van der Waals surface area contributed by atoms with E-state index in [-0.39, 0.29) is 29.7 Å². The molecule has 1 unspecified atom stereocenters. The molecule has 1 heterocycles. The molecule has 1 fully saturated rings. The number of amides is 1. The summed E-state index contributed by atoms with van der Waals surface area (Å²) in [6, 6.07) is 3.58. The second kappa shape index (κ2) is 5.26. The van der Waals surface area contributed by atoms with Crippen LogP contribution < -0.4 is 5.32 Å². The first kappa shape index (κ1) is 14.0. The quantitative estimate of drug-likeness (QED) is 0.881. The van der Waals surface area contributed by atoms with Crippen molar-refractivity contribution in [3.63, 3.8) is 0 Å². The number of nitrogens with one attached hydrogen (secondary N) is 1. The van der Waals surface area contributed by atoms with Gasteiger partial charge in [0.25, 0.3) is 5.91 Å². The second-order valence-corrected chi connectivity index (χ2v) is 5.12. The molecule has 1 aromatic carbocycles. The zero-order valence-electron chi connectivity index (χ0n) is 9.78. The van der Waals surface area contributed by atoms with Crippen LogP contribution in [-0.2, 0) is 9.53 Å². The molecule has 1 aliphatic rings. The van der Waals surface area contributed by atoms with Gasteiger partial charge in [-0.1, -0.05) is 0 Å². The van der Waals surface area contributed by atoms with Crippen molar-refractivity contribution in [3.05, 3.63) is 34.1 Å². The lowest BCUT2D eigenvalue weighted by molar-refractivity contribution is -0.144. The van der Waals surface area contributed by atoms with Crippen molar-refractivity contribution < 1.29 is 23.8 Å². The molecular weight excluding hydrogens is 321 g/mol. The molecule has 1 atom stereocenters. The third kappa shape index (κ3) is 2.76. The number of ether oxygens (including phenoxy) is 1. The highest BCUT2D eigenvalue weighted by atomic mass is 79.9. The molecule has 0 aromatic heterocycles. The van der Waals surface area contributed by atoms with E-state index in [1.165, 1.54) is 6.07 Å². The van der Waals surface area contributed by atoms with Crippen molar-refractivity contribution in [2.75, 3.05) is 13.2 Å². The Morgan fingerprint density at radius 1 is 1.47 bits per heavy atom. The normalized spacial score (nSPS) is 22.2. The first-order valence-corrected chi connectivity index (χ1v) is 6.33. The molecule has 102 valence electrons. The Labute approximate surface area is 116 Å². The van der Waals surface area contributed by atoms with Gasteiger partial charge in [-0.2, -0.15) is 0 Å². The highest BCUT2D eigenvalue weighted by molar-refractivity contribution is 9.10. The highest BCUT2D eigenvalue weighted by Crippen LogP contribution is 2.22. The smallest absolute Gasteiger partial charge is 0.331 e. The highest BCUT2D eigenvalue weighted by Gasteiger charge is 2.44. The van der Waals surface area contributed by atoms with Gasteiger partial charge in [-0.3, -0.25) is 4.79 Å². The summed E-state index contributed by atoms with van der Waals surface area (Å²) in [4.78, 5) is 23.3. The van der Waals surface area contributed by atoms with Crippen LogP contribution in [0.5, 0.6) is 0 Å². The van der Waals surface area contributed by atoms with Gasteiger partial charge in [-0.15, -0.1) is 0 Å². The summed E-state index contributed by atoms with van der Waals surface area (Å²) in [5.41, 5.74) is -1.24. The number of hydrogen-bond donors (Lipinski definition) is 2. The van der Waals surface area contributed by atoms with E-state index in [4.69, 9.17) is 4.74 Å². The number of rotatable bonds is 3. The van der Waals surface area contributed by atoms with Gasteiger partial charge in [0.1, 0.15) is 5.82 Å². The number of carbonyl (C=O) groups excluding carboxylic acids is 1. The molecule has 7 heteroatoms. The van der Waals surface area contributed by atoms with Crippen molar-refractivity contribution in [1.29, 1.82) is 0 Å². The van der Waals surface area contributed by atoms with Crippen LogP contribution in [-0.4, -0.2) is 35.7 Å². The van der Waals surface area contributed by atoms with Crippen LogP contribution in [0.2, 0.25) is 0 Å². The fourth-order valence-electron chi connectivity index (χ4n) is 1.84. The van der Waals surface area contributed by atoms with Gasteiger partial charge in [0.05, 0.1) is 12.2 Å². The molecule has 0 aliphatic carbocycles. The predicted octanol–water partition coefficient (Wildman–Crippen LogP) is 1.56. The van der Waals surface area contributed by atoms with Gasteiger partial charge in [-0.05, 0) is 34.1 Å². The molecule has 0 radical (unpaired) electrons. The molecule has 1 aliphatic heterocycles. The lowest BCUT2D eigenvalue weighted by atomic mass is 9.98. The average Bonchev–Trinajstić information content (AvgIpc) is 2.78. The van der Waals surface area contributed by atoms with Crippen LogP contribution in [0.25, 0.3) is 0 Å². The first-order chi connectivity index (χ1) is 8.94. The maximum atomic E-state index is 12.9. The second-order valence-electron chi connectivity index (χ2n) is 4.27. The minimum atomic E-state index is -1.41. The van der Waals surface area contributed by atoms with Gasteiger partial charge >= 0.3 is 5.97 Å². The van der Waals surface area contributed by atoms with Crippen LogP contribution in [0.1, 0.15) is 16.8 Å². The van der Waals surface area contributed by atoms with Gasteiger partial charge < -0.3 is 15.2 Å². The van der Waals surface area contributed by atoms with Crippen LogP contribution in [0.15, 0.2) is 22.7 Å². The largest absolute Gasteiger partial charge is 0.479 e. The van der Waals surface area contributed by atoms with Crippen LogP contribution in [0.3, 0.4) is 0 Å². The van der Waals surface area contributed by atoms with Crippen LogP contribution >= 0.6 is 15.9 Å². The number of carboxylic acids is 1. The zero-order valence-corrected chi connectivity index (χ0v) is 11.4. The summed E-state index contributed by atoms with van der Waals surface area (Å²) in [6.45, 7) is 0.198. The summed E-state index contributed by atoms with van der Waals surface area (Å²) in [7, 11) is 0. The molecule has 1 aromatic rings. The van der Waals surface area contributed by atoms with E-state index in [0.717, 1.165) is 12.1 Å². The number of benzene rings is 1. The zero-order chi connectivity index (χ0) is 14.0. The van der Waals surface area contributed by atoms with E-state index >= 15 is 0 Å². The Morgan fingerprint density at radius 2 is 2.21 bits per heavy atom. The molecule has 2 rings (SSSR count). The molecule has 2 N–H and O–H groups in total. The number of carbonyl (C=O) groups is 2. The van der Waals surface area contributed by atoms with E-state index in [9.17, 15) is 19.1 Å². The number of hydrogen-bond acceptors (Lipinski definition) is 3. The fraction of sp³-hybridized carbons (Fsp3) is 0.333. The summed E-state index contributed by atoms with van der Waals surface area (Å²) in [5, 5.41) is 11.7. The molecule has 0 spiro atoms. The lowest BCUT2D eigenvalue weighted by Crippen LogP contribution is -2.55. The van der Waals surface area contributed by atoms with E-state index in [0.29, 0.717) is 0 Å². The number of carboxylic acid groups (broad SMARTS) is 1. The lowest BCUT2D eigenvalue weighted by Gasteiger charge is -2.23. The topological polar surface area (TPSA) is 75.6 Å². The molecule has 5 nitrogen and oxygen atoms in total. The third-order valence-electron chi connectivity index (χ3n) is 2.96. The third-order valence-corrected chi connectivity index (χ3v) is 3.62. The van der Waals surface area contributed by atoms with E-state index in [1.807, 2.05) is 0 Å². The summed E-state index contributed by atoms with van der Waals surface area (Å²) < 4.78 is 18.3. The minimum absolute atomic E-state index is 0.0765. The van der Waals surface area contributed by atoms with Gasteiger partial charge in [0.15, 0.2) is 5.54 Å². The van der Waals surface area contributed by atoms with Crippen molar-refractivity contribution in [3.8, 4) is 0 Å². The van der Waals surface area contributed by atoms with Crippen molar-refractivity contribution in [2.45, 2.75) is 12.0 Å².